The standard InChI is InChI=1S/C10H6FNO2S2/c11-6-3-1-2-5(8(6)13)4-7-9(14)12-10(15)16-7/h1-4,13H,(H,12,14,15)/b7-4-. The van der Waals surface area contributed by atoms with Gasteiger partial charge in [-0.1, -0.05) is 36.1 Å². The van der Waals surface area contributed by atoms with Gasteiger partial charge in [-0.05, 0) is 12.1 Å². The molecule has 0 saturated carbocycles. The van der Waals surface area contributed by atoms with Crippen molar-refractivity contribution in [3.8, 4) is 5.75 Å². The Balaban J connectivity index is 2.40. The zero-order valence-corrected chi connectivity index (χ0v) is 9.49. The Morgan fingerprint density at radius 1 is 1.50 bits per heavy atom. The predicted molar refractivity (Wildman–Crippen MR) is 64.4 cm³/mol. The number of amides is 1. The van der Waals surface area contributed by atoms with Crippen LogP contribution in [0.3, 0.4) is 0 Å². The van der Waals surface area contributed by atoms with Gasteiger partial charge in [-0.2, -0.15) is 0 Å². The molecule has 16 heavy (non-hydrogen) atoms. The first kappa shape index (κ1) is 11.1. The monoisotopic (exact) mass is 255 g/mol. The molecule has 6 heteroatoms. The molecule has 1 aliphatic rings. The molecular formula is C10H6FNO2S2. The maximum Gasteiger partial charge on any atom is 0.263 e. The highest BCUT2D eigenvalue weighted by Crippen LogP contribution is 2.29. The molecule has 1 aliphatic heterocycles. The highest BCUT2D eigenvalue weighted by atomic mass is 32.2. The molecule has 0 aliphatic carbocycles. The highest BCUT2D eigenvalue weighted by molar-refractivity contribution is 8.26. The van der Waals surface area contributed by atoms with Crippen molar-refractivity contribution in [1.82, 2.24) is 5.32 Å². The summed E-state index contributed by atoms with van der Waals surface area (Å²) < 4.78 is 13.4. The molecule has 82 valence electrons. The van der Waals surface area contributed by atoms with Crippen LogP contribution in [0.25, 0.3) is 6.08 Å². The van der Waals surface area contributed by atoms with Crippen LogP contribution in [0.4, 0.5) is 4.39 Å². The topological polar surface area (TPSA) is 49.3 Å². The average molecular weight is 255 g/mol. The van der Waals surface area contributed by atoms with Crippen molar-refractivity contribution >= 4 is 40.3 Å². The van der Waals surface area contributed by atoms with E-state index in [1.54, 1.807) is 0 Å². The Labute approximate surface area is 100 Å². The molecule has 1 amide bonds. The zero-order chi connectivity index (χ0) is 11.7. The third-order valence-corrected chi connectivity index (χ3v) is 3.11. The maximum absolute atomic E-state index is 13.0. The third kappa shape index (κ3) is 2.07. The fourth-order valence-electron chi connectivity index (χ4n) is 1.21. The van der Waals surface area contributed by atoms with Gasteiger partial charge in [0.2, 0.25) is 0 Å². The molecule has 2 N–H and O–H groups in total. The van der Waals surface area contributed by atoms with E-state index in [1.165, 1.54) is 18.2 Å². The van der Waals surface area contributed by atoms with Crippen molar-refractivity contribution in [3.05, 3.63) is 34.5 Å². The molecule has 1 saturated heterocycles. The second-order valence-electron chi connectivity index (χ2n) is 3.03. The minimum absolute atomic E-state index is 0.252. The van der Waals surface area contributed by atoms with Gasteiger partial charge in [0.15, 0.2) is 11.6 Å². The lowest BCUT2D eigenvalue weighted by Gasteiger charge is -2.00. The quantitative estimate of drug-likeness (QED) is 0.595. The smallest absolute Gasteiger partial charge is 0.263 e. The summed E-state index contributed by atoms with van der Waals surface area (Å²) in [5, 5.41) is 11.8. The van der Waals surface area contributed by atoms with Gasteiger partial charge in [-0.3, -0.25) is 4.79 Å². The van der Waals surface area contributed by atoms with Gasteiger partial charge >= 0.3 is 0 Å². The predicted octanol–water partition coefficient (Wildman–Crippen LogP) is 2.02. The summed E-state index contributed by atoms with van der Waals surface area (Å²) in [6.45, 7) is 0. The van der Waals surface area contributed by atoms with E-state index in [0.29, 0.717) is 9.23 Å². The Hall–Kier alpha value is -1.40. The summed E-state index contributed by atoms with van der Waals surface area (Å²) in [7, 11) is 0. The molecular weight excluding hydrogens is 249 g/mol. The zero-order valence-electron chi connectivity index (χ0n) is 7.86. The van der Waals surface area contributed by atoms with E-state index >= 15 is 0 Å². The Morgan fingerprint density at radius 3 is 2.88 bits per heavy atom. The molecule has 1 heterocycles. The molecule has 0 unspecified atom stereocenters. The van der Waals surface area contributed by atoms with Crippen molar-refractivity contribution < 1.29 is 14.3 Å². The molecule has 1 aromatic rings. The minimum atomic E-state index is -0.722. The summed E-state index contributed by atoms with van der Waals surface area (Å²) >= 11 is 5.88. The number of hydrogen-bond acceptors (Lipinski definition) is 4. The molecule has 0 radical (unpaired) electrons. The molecule has 0 spiro atoms. The van der Waals surface area contributed by atoms with Gasteiger partial charge in [0.1, 0.15) is 4.32 Å². The number of thioether (sulfide) groups is 1. The number of carbonyl (C=O) groups excluding carboxylic acids is 1. The maximum atomic E-state index is 13.0. The van der Waals surface area contributed by atoms with Crippen LogP contribution in [-0.4, -0.2) is 15.3 Å². The van der Waals surface area contributed by atoms with E-state index in [-0.39, 0.29) is 11.5 Å². The number of carbonyl (C=O) groups is 1. The lowest BCUT2D eigenvalue weighted by atomic mass is 10.2. The number of phenols is 1. The van der Waals surface area contributed by atoms with Crippen molar-refractivity contribution in [2.75, 3.05) is 0 Å². The van der Waals surface area contributed by atoms with Gasteiger partial charge in [0.25, 0.3) is 5.91 Å². The lowest BCUT2D eigenvalue weighted by Crippen LogP contribution is -2.17. The van der Waals surface area contributed by atoms with Crippen molar-refractivity contribution in [2.45, 2.75) is 0 Å². The fraction of sp³-hybridized carbons (Fsp3) is 0. The number of phenolic OH excluding ortho intramolecular Hbond substituents is 1. The second kappa shape index (κ2) is 4.23. The van der Waals surface area contributed by atoms with E-state index in [9.17, 15) is 14.3 Å². The van der Waals surface area contributed by atoms with Crippen LogP contribution in [-0.2, 0) is 4.79 Å². The molecule has 0 atom stereocenters. The average Bonchev–Trinajstić information content (AvgIpc) is 2.53. The first-order valence-electron chi connectivity index (χ1n) is 4.30. The number of halogens is 1. The molecule has 3 nitrogen and oxygen atoms in total. The van der Waals surface area contributed by atoms with Crippen LogP contribution < -0.4 is 5.32 Å². The third-order valence-electron chi connectivity index (χ3n) is 1.95. The van der Waals surface area contributed by atoms with Gasteiger partial charge < -0.3 is 10.4 Å². The molecule has 2 rings (SSSR count). The number of nitrogens with one attached hydrogen (secondary N) is 1. The van der Waals surface area contributed by atoms with Gasteiger partial charge in [0.05, 0.1) is 4.91 Å². The molecule has 0 bridgehead atoms. The number of para-hydroxylation sites is 1. The largest absolute Gasteiger partial charge is 0.504 e. The van der Waals surface area contributed by atoms with Crippen molar-refractivity contribution in [1.29, 1.82) is 0 Å². The number of benzene rings is 1. The summed E-state index contributed by atoms with van der Waals surface area (Å²) in [5.41, 5.74) is 0.252. The minimum Gasteiger partial charge on any atom is -0.504 e. The van der Waals surface area contributed by atoms with E-state index in [0.717, 1.165) is 17.8 Å². The van der Waals surface area contributed by atoms with Gasteiger partial charge in [-0.25, -0.2) is 4.39 Å². The first-order valence-corrected chi connectivity index (χ1v) is 5.53. The molecule has 1 fully saturated rings. The van der Waals surface area contributed by atoms with Crippen LogP contribution in [0.15, 0.2) is 23.1 Å². The fourth-order valence-corrected chi connectivity index (χ4v) is 2.25. The van der Waals surface area contributed by atoms with Gasteiger partial charge in [0, 0.05) is 5.56 Å². The van der Waals surface area contributed by atoms with E-state index in [1.807, 2.05) is 0 Å². The number of thiocarbonyl (C=S) groups is 1. The Morgan fingerprint density at radius 2 is 2.25 bits per heavy atom. The molecule has 0 aromatic heterocycles. The van der Waals surface area contributed by atoms with Crippen molar-refractivity contribution in [3.63, 3.8) is 0 Å². The van der Waals surface area contributed by atoms with Gasteiger partial charge in [-0.15, -0.1) is 0 Å². The summed E-state index contributed by atoms with van der Waals surface area (Å²) in [5.74, 6) is -1.53. The highest BCUT2D eigenvalue weighted by Gasteiger charge is 2.22. The van der Waals surface area contributed by atoms with E-state index in [2.05, 4.69) is 5.32 Å². The number of aromatic hydroxyl groups is 1. The van der Waals surface area contributed by atoms with Crippen LogP contribution in [0.5, 0.6) is 5.75 Å². The first-order chi connectivity index (χ1) is 7.58. The Kier molecular flexibility index (Phi) is 2.93. The van der Waals surface area contributed by atoms with Crippen molar-refractivity contribution in [2.24, 2.45) is 0 Å². The van der Waals surface area contributed by atoms with Crippen LogP contribution in [0.1, 0.15) is 5.56 Å². The SMILES string of the molecule is O=C1NC(=S)S/C1=C\c1cccc(F)c1O. The summed E-state index contributed by atoms with van der Waals surface area (Å²) in [6, 6.07) is 4.11. The van der Waals surface area contributed by atoms with Crippen LogP contribution in [0, 0.1) is 5.82 Å². The second-order valence-corrected chi connectivity index (χ2v) is 4.75. The van der Waals surface area contributed by atoms with Crippen LogP contribution in [0.2, 0.25) is 0 Å². The Bertz CT molecular complexity index is 514. The number of hydrogen-bond donors (Lipinski definition) is 2. The number of rotatable bonds is 1. The van der Waals surface area contributed by atoms with Crippen LogP contribution >= 0.6 is 24.0 Å². The van der Waals surface area contributed by atoms with E-state index in [4.69, 9.17) is 12.2 Å². The lowest BCUT2D eigenvalue weighted by molar-refractivity contribution is -0.115. The summed E-state index contributed by atoms with van der Waals surface area (Å²) in [6.07, 6.45) is 1.40. The normalized spacial score (nSPS) is 17.9. The molecule has 1 aromatic carbocycles. The van der Waals surface area contributed by atoms with E-state index < -0.39 is 11.6 Å². The summed E-state index contributed by atoms with van der Waals surface area (Å²) in [4.78, 5) is 11.7.